The van der Waals surface area contributed by atoms with Crippen molar-refractivity contribution in [2.24, 2.45) is 0 Å². The van der Waals surface area contributed by atoms with Crippen LogP contribution in [0.25, 0.3) is 0 Å². The van der Waals surface area contributed by atoms with Gasteiger partial charge in [0.2, 0.25) is 10.0 Å². The summed E-state index contributed by atoms with van der Waals surface area (Å²) in [5, 5.41) is 9.74. The Labute approximate surface area is 125 Å². The molecule has 1 aliphatic rings. The third-order valence-electron chi connectivity index (χ3n) is 3.10. The first kappa shape index (κ1) is 15.2. The summed E-state index contributed by atoms with van der Waals surface area (Å²) >= 11 is 8.98. The predicted octanol–water partition coefficient (Wildman–Crippen LogP) is 2.08. The molecule has 0 spiro atoms. The number of aliphatic hydroxyl groups is 1. The molecular weight excluding hydrogens is 356 g/mol. The second-order valence-electron chi connectivity index (χ2n) is 4.52. The summed E-state index contributed by atoms with van der Waals surface area (Å²) in [4.78, 5) is 3.71. The van der Waals surface area contributed by atoms with E-state index in [-0.39, 0.29) is 10.0 Å². The lowest BCUT2D eigenvalue weighted by atomic mass is 9.93. The summed E-state index contributed by atoms with van der Waals surface area (Å²) in [7, 11) is -3.78. The molecule has 2 unspecified atom stereocenters. The third-order valence-corrected chi connectivity index (χ3v) is 5.45. The van der Waals surface area contributed by atoms with Gasteiger partial charge in [0, 0.05) is 16.7 Å². The Kier molecular flexibility index (Phi) is 4.84. The fourth-order valence-corrected chi connectivity index (χ4v) is 4.35. The Bertz CT molecular complexity index is 567. The van der Waals surface area contributed by atoms with Gasteiger partial charge in [-0.3, -0.25) is 0 Å². The molecule has 0 aromatic carbocycles. The summed E-state index contributed by atoms with van der Waals surface area (Å²) in [5.41, 5.74) is 0. The topological polar surface area (TPSA) is 79.3 Å². The SMILES string of the molecule is O=S(=O)(NC1CCCCC1O)c1cc(Br)cnc1Cl. The average molecular weight is 370 g/mol. The molecule has 1 saturated carbocycles. The number of sulfonamides is 1. The van der Waals surface area contributed by atoms with Crippen LogP contribution in [0.1, 0.15) is 25.7 Å². The van der Waals surface area contributed by atoms with Crippen LogP contribution >= 0.6 is 27.5 Å². The lowest BCUT2D eigenvalue weighted by Gasteiger charge is -2.28. The Balaban J connectivity index is 2.24. The van der Waals surface area contributed by atoms with Gasteiger partial charge in [-0.05, 0) is 34.8 Å². The summed E-state index contributed by atoms with van der Waals surface area (Å²) in [6, 6.07) is 0.932. The van der Waals surface area contributed by atoms with Crippen molar-refractivity contribution in [2.45, 2.75) is 42.7 Å². The molecule has 1 aliphatic carbocycles. The van der Waals surface area contributed by atoms with Crippen LogP contribution in [0, 0.1) is 0 Å². The van der Waals surface area contributed by atoms with Crippen LogP contribution in [0.4, 0.5) is 0 Å². The first-order valence-electron chi connectivity index (χ1n) is 5.91. The minimum Gasteiger partial charge on any atom is -0.391 e. The number of aliphatic hydroxyl groups excluding tert-OH is 1. The van der Waals surface area contributed by atoms with Crippen molar-refractivity contribution in [1.82, 2.24) is 9.71 Å². The molecule has 0 radical (unpaired) electrons. The van der Waals surface area contributed by atoms with E-state index in [1.807, 2.05) is 0 Å². The van der Waals surface area contributed by atoms with E-state index < -0.39 is 22.2 Å². The van der Waals surface area contributed by atoms with E-state index in [0.29, 0.717) is 17.3 Å². The smallest absolute Gasteiger partial charge is 0.244 e. The Morgan fingerprint density at radius 2 is 2.11 bits per heavy atom. The van der Waals surface area contributed by atoms with Gasteiger partial charge in [0.25, 0.3) is 0 Å². The summed E-state index contributed by atoms with van der Waals surface area (Å²) in [5.74, 6) is 0. The van der Waals surface area contributed by atoms with Crippen LogP contribution in [-0.2, 0) is 10.0 Å². The molecule has 8 heteroatoms. The van der Waals surface area contributed by atoms with Crippen LogP contribution in [0.2, 0.25) is 5.15 Å². The molecule has 1 heterocycles. The number of hydrogen-bond donors (Lipinski definition) is 2. The molecule has 1 fully saturated rings. The van der Waals surface area contributed by atoms with Crippen molar-refractivity contribution < 1.29 is 13.5 Å². The van der Waals surface area contributed by atoms with Crippen molar-refractivity contribution in [3.8, 4) is 0 Å². The molecule has 2 atom stereocenters. The molecule has 1 aromatic heterocycles. The third kappa shape index (κ3) is 3.66. The molecule has 0 aliphatic heterocycles. The molecule has 2 N–H and O–H groups in total. The highest BCUT2D eigenvalue weighted by Gasteiger charge is 2.29. The van der Waals surface area contributed by atoms with E-state index in [1.165, 1.54) is 12.3 Å². The maximum Gasteiger partial charge on any atom is 0.244 e. The molecule has 1 aromatic rings. The van der Waals surface area contributed by atoms with Crippen LogP contribution in [0.15, 0.2) is 21.6 Å². The van der Waals surface area contributed by atoms with Crippen molar-refractivity contribution in [1.29, 1.82) is 0 Å². The van der Waals surface area contributed by atoms with E-state index in [1.54, 1.807) is 0 Å². The van der Waals surface area contributed by atoms with E-state index in [4.69, 9.17) is 11.6 Å². The minimum absolute atomic E-state index is 0.0821. The summed E-state index contributed by atoms with van der Waals surface area (Å²) in [6.07, 6.45) is 3.82. The van der Waals surface area contributed by atoms with E-state index in [2.05, 4.69) is 25.6 Å². The van der Waals surface area contributed by atoms with Crippen molar-refractivity contribution in [3.63, 3.8) is 0 Å². The maximum atomic E-state index is 12.3. The number of pyridine rings is 1. The number of halogens is 2. The highest BCUT2D eigenvalue weighted by Crippen LogP contribution is 2.25. The fourth-order valence-electron chi connectivity index (χ4n) is 2.10. The number of nitrogens with zero attached hydrogens (tertiary/aromatic N) is 1. The highest BCUT2D eigenvalue weighted by atomic mass is 79.9. The van der Waals surface area contributed by atoms with Crippen molar-refractivity contribution in [2.75, 3.05) is 0 Å². The zero-order valence-electron chi connectivity index (χ0n) is 10.0. The van der Waals surface area contributed by atoms with Gasteiger partial charge in [-0.1, -0.05) is 24.4 Å². The van der Waals surface area contributed by atoms with Gasteiger partial charge < -0.3 is 5.11 Å². The number of nitrogens with one attached hydrogen (secondary N) is 1. The number of aromatic nitrogens is 1. The van der Waals surface area contributed by atoms with E-state index in [9.17, 15) is 13.5 Å². The van der Waals surface area contributed by atoms with Crippen molar-refractivity contribution >= 4 is 37.6 Å². The first-order chi connectivity index (χ1) is 8.90. The van der Waals surface area contributed by atoms with Gasteiger partial charge in [0.1, 0.15) is 10.0 Å². The Morgan fingerprint density at radius 1 is 1.42 bits per heavy atom. The van der Waals surface area contributed by atoms with Gasteiger partial charge in [-0.2, -0.15) is 0 Å². The summed E-state index contributed by atoms with van der Waals surface area (Å²) < 4.78 is 27.5. The minimum atomic E-state index is -3.78. The van der Waals surface area contributed by atoms with Crippen LogP contribution in [0.5, 0.6) is 0 Å². The molecule has 0 amide bonds. The van der Waals surface area contributed by atoms with Crippen molar-refractivity contribution in [3.05, 3.63) is 21.9 Å². The lowest BCUT2D eigenvalue weighted by molar-refractivity contribution is 0.101. The first-order valence-corrected chi connectivity index (χ1v) is 8.57. The van der Waals surface area contributed by atoms with Gasteiger partial charge in [-0.25, -0.2) is 18.1 Å². The second-order valence-corrected chi connectivity index (χ2v) is 7.48. The summed E-state index contributed by atoms with van der Waals surface area (Å²) in [6.45, 7) is 0. The molecule has 5 nitrogen and oxygen atoms in total. The van der Waals surface area contributed by atoms with E-state index >= 15 is 0 Å². The second kappa shape index (κ2) is 6.05. The van der Waals surface area contributed by atoms with Gasteiger partial charge in [-0.15, -0.1) is 0 Å². The Morgan fingerprint density at radius 3 is 2.79 bits per heavy atom. The lowest BCUT2D eigenvalue weighted by Crippen LogP contribution is -2.45. The molecule has 19 heavy (non-hydrogen) atoms. The quantitative estimate of drug-likeness (QED) is 0.800. The standard InChI is InChI=1S/C11H14BrClN2O3S/c12-7-5-10(11(13)14-6-7)19(17,18)15-8-3-1-2-4-9(8)16/h5-6,8-9,15-16H,1-4H2. The highest BCUT2D eigenvalue weighted by molar-refractivity contribution is 9.10. The maximum absolute atomic E-state index is 12.3. The number of rotatable bonds is 3. The normalized spacial score (nSPS) is 24.4. The molecule has 2 rings (SSSR count). The van der Waals surface area contributed by atoms with Gasteiger partial charge in [0.15, 0.2) is 0 Å². The van der Waals surface area contributed by atoms with Gasteiger partial charge >= 0.3 is 0 Å². The largest absolute Gasteiger partial charge is 0.391 e. The number of hydrogen-bond acceptors (Lipinski definition) is 4. The molecule has 0 bridgehead atoms. The average Bonchev–Trinajstić information content (AvgIpc) is 2.35. The molecule has 0 saturated heterocycles. The van der Waals surface area contributed by atoms with Gasteiger partial charge in [0.05, 0.1) is 6.10 Å². The van der Waals surface area contributed by atoms with Crippen LogP contribution in [-0.4, -0.2) is 30.7 Å². The van der Waals surface area contributed by atoms with Crippen LogP contribution < -0.4 is 4.72 Å². The monoisotopic (exact) mass is 368 g/mol. The predicted molar refractivity (Wildman–Crippen MR) is 75.5 cm³/mol. The molecule has 106 valence electrons. The van der Waals surface area contributed by atoms with Crippen LogP contribution in [0.3, 0.4) is 0 Å². The zero-order chi connectivity index (χ0) is 14.0. The fraction of sp³-hybridized carbons (Fsp3) is 0.545. The van der Waals surface area contributed by atoms with E-state index in [0.717, 1.165) is 12.8 Å². The molecular formula is C11H14BrClN2O3S. The Hall–Kier alpha value is -0.210. The zero-order valence-corrected chi connectivity index (χ0v) is 13.2.